The Morgan fingerprint density at radius 2 is 1.28 bits per heavy atom. The summed E-state index contributed by atoms with van der Waals surface area (Å²) in [6, 6.07) is 21.1. The molecule has 0 aliphatic heterocycles. The molecule has 4 rings (SSSR count). The Labute approximate surface area is 183 Å². The molecule has 0 unspecified atom stereocenters. The van der Waals surface area contributed by atoms with Crippen LogP contribution in [0.4, 0.5) is 28.4 Å². The Hall–Kier alpha value is -4.15. The van der Waals surface area contributed by atoms with E-state index in [4.69, 9.17) is 5.73 Å². The third-order valence-corrected chi connectivity index (χ3v) is 5.35. The van der Waals surface area contributed by atoms with Crippen molar-refractivity contribution >= 4 is 49.3 Å². The van der Waals surface area contributed by atoms with E-state index in [-0.39, 0.29) is 16.5 Å². The van der Waals surface area contributed by atoms with Gasteiger partial charge in [-0.25, -0.2) is 0 Å². The minimum atomic E-state index is -4.71. The first kappa shape index (κ1) is 21.1. The van der Waals surface area contributed by atoms with Crippen molar-refractivity contribution in [2.24, 2.45) is 20.5 Å². The van der Waals surface area contributed by atoms with Crippen molar-refractivity contribution in [1.29, 1.82) is 0 Å². The maximum Gasteiger partial charge on any atom is 0.296 e. The summed E-state index contributed by atoms with van der Waals surface area (Å²) in [6.07, 6.45) is 0. The highest BCUT2D eigenvalue weighted by Gasteiger charge is 2.22. The smallest absolute Gasteiger partial charge is 0.296 e. The molecule has 0 aromatic heterocycles. The number of phenolic OH excluding ortho intramolecular Hbond substituents is 1. The summed E-state index contributed by atoms with van der Waals surface area (Å²) >= 11 is 0. The number of azo groups is 2. The molecule has 0 saturated heterocycles. The van der Waals surface area contributed by atoms with Gasteiger partial charge in [-0.05, 0) is 66.0 Å². The van der Waals surface area contributed by atoms with Crippen molar-refractivity contribution in [1.82, 2.24) is 5.73 Å². The van der Waals surface area contributed by atoms with Gasteiger partial charge >= 0.3 is 0 Å². The van der Waals surface area contributed by atoms with Crippen molar-refractivity contribution in [3.05, 3.63) is 78.9 Å². The van der Waals surface area contributed by atoms with Crippen LogP contribution < -0.4 is 5.73 Å². The Bertz CT molecular complexity index is 1450. The molecule has 0 spiro atoms. The van der Waals surface area contributed by atoms with Gasteiger partial charge in [0.05, 0.1) is 22.7 Å². The summed E-state index contributed by atoms with van der Waals surface area (Å²) in [5, 5.41) is 27.2. The van der Waals surface area contributed by atoms with Gasteiger partial charge in [-0.1, -0.05) is 18.2 Å². The van der Waals surface area contributed by atoms with Crippen LogP contribution in [0, 0.1) is 0 Å². The monoisotopic (exact) mass is 446 g/mol. The van der Waals surface area contributed by atoms with Gasteiger partial charge in [-0.3, -0.25) is 4.55 Å². The molecule has 9 nitrogen and oxygen atoms in total. The minimum Gasteiger partial charge on any atom is -0.505 e. The highest BCUT2D eigenvalue weighted by Crippen LogP contribution is 2.41. The zero-order valence-corrected chi connectivity index (χ0v) is 17.2. The van der Waals surface area contributed by atoms with Crippen molar-refractivity contribution in [3.63, 3.8) is 0 Å². The van der Waals surface area contributed by atoms with Gasteiger partial charge in [0, 0.05) is 5.39 Å². The summed E-state index contributed by atoms with van der Waals surface area (Å²) in [6.45, 7) is 0. The van der Waals surface area contributed by atoms with Crippen molar-refractivity contribution in [2.75, 3.05) is 0 Å². The molecule has 32 heavy (non-hydrogen) atoms. The average molecular weight is 446 g/mol. The largest absolute Gasteiger partial charge is 0.505 e. The second kappa shape index (κ2) is 8.53. The first-order chi connectivity index (χ1) is 15.3. The highest BCUT2D eigenvalue weighted by molar-refractivity contribution is 7.86. The number of nitrogens with one attached hydrogen (secondary N) is 1. The topological polar surface area (TPSA) is 148 Å². The minimum absolute atomic E-state index is 0.122. The molecular weight excluding hydrogens is 430 g/mol. The van der Waals surface area contributed by atoms with Crippen LogP contribution in [0.5, 0.6) is 5.75 Å². The van der Waals surface area contributed by atoms with Crippen molar-refractivity contribution in [3.8, 4) is 5.75 Å². The molecule has 0 aliphatic carbocycles. The maximum absolute atomic E-state index is 11.9. The van der Waals surface area contributed by atoms with E-state index in [2.05, 4.69) is 20.5 Å². The lowest BCUT2D eigenvalue weighted by Gasteiger charge is -2.09. The lowest BCUT2D eigenvalue weighted by atomic mass is 10.1. The molecule has 3 N–H and O–H groups in total. The Morgan fingerprint density at radius 3 is 1.88 bits per heavy atom. The molecule has 0 bridgehead atoms. The number of hydrogen-bond donors (Lipinski definition) is 2. The van der Waals surface area contributed by atoms with E-state index in [1.165, 1.54) is 18.2 Å². The fourth-order valence-corrected chi connectivity index (χ4v) is 3.61. The van der Waals surface area contributed by atoms with Gasteiger partial charge in [-0.2, -0.15) is 23.8 Å². The number of nitrogens with zero attached hydrogens (tertiary/aromatic N) is 4. The molecule has 0 aliphatic rings. The molecule has 1 radical (unpaired) electrons. The third kappa shape index (κ3) is 4.61. The lowest BCUT2D eigenvalue weighted by Crippen LogP contribution is -1.99. The average Bonchev–Trinajstić information content (AvgIpc) is 2.77. The Kier molecular flexibility index (Phi) is 5.63. The highest BCUT2D eigenvalue weighted by atomic mass is 32.2. The van der Waals surface area contributed by atoms with E-state index in [9.17, 15) is 18.1 Å². The van der Waals surface area contributed by atoms with Crippen molar-refractivity contribution < 1.29 is 18.1 Å². The van der Waals surface area contributed by atoms with Crippen LogP contribution in [0.25, 0.3) is 10.8 Å². The van der Waals surface area contributed by atoms with Gasteiger partial charge in [0.15, 0.2) is 5.75 Å². The summed E-state index contributed by atoms with van der Waals surface area (Å²) in [5.41, 5.74) is 9.04. The van der Waals surface area contributed by atoms with Crippen LogP contribution >= 0.6 is 0 Å². The lowest BCUT2D eigenvalue weighted by molar-refractivity contribution is 0.472. The van der Waals surface area contributed by atoms with E-state index in [0.29, 0.717) is 17.1 Å². The zero-order valence-electron chi connectivity index (χ0n) is 16.4. The summed E-state index contributed by atoms with van der Waals surface area (Å²) in [7, 11) is -4.71. The zero-order chi connectivity index (χ0) is 22.7. The van der Waals surface area contributed by atoms with Gasteiger partial charge in [-0.15, -0.1) is 5.11 Å². The molecule has 0 atom stereocenters. The summed E-state index contributed by atoms with van der Waals surface area (Å²) in [4.78, 5) is -0.606. The number of hydrogen-bond acceptors (Lipinski definition) is 7. The van der Waals surface area contributed by atoms with Crippen LogP contribution in [-0.4, -0.2) is 18.1 Å². The van der Waals surface area contributed by atoms with Crippen LogP contribution in [0.15, 0.2) is 104 Å². The molecule has 4 aromatic rings. The SMILES string of the molecule is [NH]c1ccc2c(O)c(N=Nc3ccc(N=Nc4ccccc4)cc3)c(S(=O)(=O)O)cc2c1. The van der Waals surface area contributed by atoms with Crippen LogP contribution in [0.3, 0.4) is 0 Å². The van der Waals surface area contributed by atoms with E-state index < -0.39 is 26.5 Å². The molecule has 10 heteroatoms. The molecule has 0 fully saturated rings. The molecule has 4 aromatic carbocycles. The fourth-order valence-electron chi connectivity index (χ4n) is 2.95. The van der Waals surface area contributed by atoms with Crippen molar-refractivity contribution in [2.45, 2.75) is 4.90 Å². The summed E-state index contributed by atoms with van der Waals surface area (Å²) in [5.74, 6) is -0.466. The fraction of sp³-hybridized carbons (Fsp3) is 0. The summed E-state index contributed by atoms with van der Waals surface area (Å²) < 4.78 is 33.3. The predicted molar refractivity (Wildman–Crippen MR) is 119 cm³/mol. The van der Waals surface area contributed by atoms with Gasteiger partial charge < -0.3 is 10.8 Å². The van der Waals surface area contributed by atoms with Gasteiger partial charge in [0.25, 0.3) is 10.1 Å². The molecule has 0 saturated carbocycles. The third-order valence-electron chi connectivity index (χ3n) is 4.48. The van der Waals surface area contributed by atoms with E-state index in [0.717, 1.165) is 6.07 Å². The van der Waals surface area contributed by atoms with Crippen LogP contribution in [0.1, 0.15) is 0 Å². The first-order valence-corrected chi connectivity index (χ1v) is 10.7. The Morgan fingerprint density at radius 1 is 0.719 bits per heavy atom. The number of rotatable bonds is 5. The van der Waals surface area contributed by atoms with Gasteiger partial charge in [0.1, 0.15) is 10.6 Å². The van der Waals surface area contributed by atoms with Gasteiger partial charge in [0.2, 0.25) is 0 Å². The molecule has 159 valence electrons. The standard InChI is InChI=1S/C22H16N5O4S/c23-15-6-11-19-14(12-15)13-20(32(29,30)31)21(22(19)28)27-26-18-9-7-17(8-10-18)25-24-16-4-2-1-3-5-16/h1-13,23,28H,(H,29,30,31). The van der Waals surface area contributed by atoms with Crippen LogP contribution in [-0.2, 0) is 10.1 Å². The molecule has 0 amide bonds. The normalized spacial score (nSPS) is 12.2. The van der Waals surface area contributed by atoms with E-state index >= 15 is 0 Å². The van der Waals surface area contributed by atoms with E-state index in [1.54, 1.807) is 24.3 Å². The number of aromatic hydroxyl groups is 1. The predicted octanol–water partition coefficient (Wildman–Crippen LogP) is 6.54. The quantitative estimate of drug-likeness (QED) is 0.264. The van der Waals surface area contributed by atoms with Crippen LogP contribution in [0.2, 0.25) is 0 Å². The second-order valence-corrected chi connectivity index (χ2v) is 8.12. The maximum atomic E-state index is 11.9. The Balaban J connectivity index is 1.67. The number of benzene rings is 4. The first-order valence-electron chi connectivity index (χ1n) is 9.29. The number of fused-ring (bicyclic) bond motifs is 1. The van der Waals surface area contributed by atoms with E-state index in [1.807, 2.05) is 30.3 Å². The molecule has 0 heterocycles. The second-order valence-electron chi connectivity index (χ2n) is 6.73. The number of phenols is 1. The molecular formula is C22H16N5O4S.